The van der Waals surface area contributed by atoms with Crippen molar-refractivity contribution in [3.63, 3.8) is 0 Å². The molecule has 0 aromatic carbocycles. The summed E-state index contributed by atoms with van der Waals surface area (Å²) in [5, 5.41) is 7.07. The molecule has 0 saturated heterocycles. The molecule has 0 aliphatic rings. The minimum Gasteiger partial charge on any atom is -0.309 e. The van der Waals surface area contributed by atoms with Crippen LogP contribution in [0.25, 0.3) is 17.3 Å². The minimum absolute atomic E-state index is 0.155. The van der Waals surface area contributed by atoms with E-state index in [4.69, 9.17) is 11.6 Å². The van der Waals surface area contributed by atoms with Crippen molar-refractivity contribution in [2.75, 3.05) is 11.2 Å². The number of pyridine rings is 1. The summed E-state index contributed by atoms with van der Waals surface area (Å²) < 4.78 is 1.69. The van der Waals surface area contributed by atoms with Gasteiger partial charge in [-0.2, -0.15) is 5.10 Å². The Morgan fingerprint density at radius 2 is 2.08 bits per heavy atom. The van der Waals surface area contributed by atoms with E-state index >= 15 is 0 Å². The first-order valence-electron chi connectivity index (χ1n) is 7.27. The van der Waals surface area contributed by atoms with Crippen LogP contribution in [0.2, 0.25) is 0 Å². The maximum atomic E-state index is 11.6. The molecular weight excluding hydrogens is 328 g/mol. The Kier molecular flexibility index (Phi) is 4.52. The van der Waals surface area contributed by atoms with Crippen LogP contribution >= 0.6 is 11.6 Å². The van der Waals surface area contributed by atoms with Gasteiger partial charge in [-0.15, -0.1) is 11.6 Å². The molecule has 0 fully saturated rings. The number of hydrogen-bond acceptors (Lipinski definition) is 5. The number of halogens is 1. The molecular formula is C16H15ClN6O. The molecule has 0 radical (unpaired) electrons. The van der Waals surface area contributed by atoms with Crippen molar-refractivity contribution in [1.29, 1.82) is 0 Å². The zero-order valence-electron chi connectivity index (χ0n) is 13.2. The number of rotatable bonds is 4. The Hall–Kier alpha value is -2.80. The predicted molar refractivity (Wildman–Crippen MR) is 91.2 cm³/mol. The van der Waals surface area contributed by atoms with E-state index in [-0.39, 0.29) is 11.8 Å². The fraction of sp³-hybridized carbons (Fsp3) is 0.188. The summed E-state index contributed by atoms with van der Waals surface area (Å²) in [5.74, 6) is 0.783. The molecule has 3 heterocycles. The largest absolute Gasteiger partial charge is 0.309 e. The van der Waals surface area contributed by atoms with Gasteiger partial charge >= 0.3 is 0 Å². The number of hydrogen-bond donors (Lipinski definition) is 1. The normalized spacial score (nSPS) is 10.6. The number of nitrogens with one attached hydrogen (secondary N) is 1. The minimum atomic E-state index is -0.346. The van der Waals surface area contributed by atoms with E-state index in [1.54, 1.807) is 23.0 Å². The second-order valence-corrected chi connectivity index (χ2v) is 5.44. The second kappa shape index (κ2) is 6.76. The lowest BCUT2D eigenvalue weighted by molar-refractivity contribution is -0.113. The van der Waals surface area contributed by atoms with Crippen LogP contribution in [0.4, 0.5) is 5.82 Å². The summed E-state index contributed by atoms with van der Waals surface area (Å²) in [4.78, 5) is 24.7. The average molecular weight is 343 g/mol. The molecule has 3 rings (SSSR count). The summed E-state index contributed by atoms with van der Waals surface area (Å²) in [5.41, 5.74) is 2.40. The van der Waals surface area contributed by atoms with Crippen molar-refractivity contribution in [1.82, 2.24) is 24.7 Å². The highest BCUT2D eigenvalue weighted by Crippen LogP contribution is 2.19. The zero-order chi connectivity index (χ0) is 17.1. The van der Waals surface area contributed by atoms with Crippen molar-refractivity contribution in [3.05, 3.63) is 47.9 Å². The van der Waals surface area contributed by atoms with E-state index in [0.29, 0.717) is 23.2 Å². The Bertz CT molecular complexity index is 878. The SMILES string of the molecule is Cc1cc(C)n(-c2cc(NC(=O)CCl)nc(-c3ccccn3)n2)n1. The number of amides is 1. The lowest BCUT2D eigenvalue weighted by Crippen LogP contribution is -2.15. The monoisotopic (exact) mass is 342 g/mol. The Morgan fingerprint density at radius 3 is 2.71 bits per heavy atom. The van der Waals surface area contributed by atoms with Crippen molar-refractivity contribution >= 4 is 23.3 Å². The first kappa shape index (κ1) is 16.1. The third-order valence-corrected chi connectivity index (χ3v) is 3.46. The van der Waals surface area contributed by atoms with Crippen LogP contribution in [0.3, 0.4) is 0 Å². The van der Waals surface area contributed by atoms with Crippen molar-refractivity contribution < 1.29 is 4.79 Å². The summed E-state index contributed by atoms with van der Waals surface area (Å²) >= 11 is 5.56. The van der Waals surface area contributed by atoms with Gasteiger partial charge in [-0.25, -0.2) is 14.6 Å². The highest BCUT2D eigenvalue weighted by atomic mass is 35.5. The first-order chi connectivity index (χ1) is 11.6. The molecule has 0 aliphatic heterocycles. The number of carbonyl (C=O) groups excluding carboxylic acids is 1. The summed E-state index contributed by atoms with van der Waals surface area (Å²) in [7, 11) is 0. The molecule has 7 nitrogen and oxygen atoms in total. The average Bonchev–Trinajstić information content (AvgIpc) is 2.93. The summed E-state index contributed by atoms with van der Waals surface area (Å²) in [6.07, 6.45) is 1.66. The number of anilines is 1. The molecule has 1 amide bonds. The van der Waals surface area contributed by atoms with E-state index in [9.17, 15) is 4.79 Å². The smallest absolute Gasteiger partial charge is 0.240 e. The molecule has 3 aromatic heterocycles. The van der Waals surface area contributed by atoms with Crippen LogP contribution in [0, 0.1) is 13.8 Å². The van der Waals surface area contributed by atoms with Gasteiger partial charge in [0.1, 0.15) is 17.4 Å². The predicted octanol–water partition coefficient (Wildman–Crippen LogP) is 2.52. The van der Waals surface area contributed by atoms with Crippen molar-refractivity contribution in [2.24, 2.45) is 0 Å². The van der Waals surface area contributed by atoms with Gasteiger partial charge in [-0.1, -0.05) is 6.07 Å². The van der Waals surface area contributed by atoms with E-state index < -0.39 is 0 Å². The molecule has 0 spiro atoms. The molecule has 0 unspecified atom stereocenters. The maximum absolute atomic E-state index is 11.6. The quantitative estimate of drug-likeness (QED) is 0.736. The molecule has 0 aliphatic carbocycles. The van der Waals surface area contributed by atoms with Gasteiger partial charge in [0.25, 0.3) is 0 Å². The number of aryl methyl sites for hydroxylation is 2. The van der Waals surface area contributed by atoms with Crippen LogP contribution < -0.4 is 5.32 Å². The maximum Gasteiger partial charge on any atom is 0.240 e. The fourth-order valence-electron chi connectivity index (χ4n) is 2.25. The molecule has 24 heavy (non-hydrogen) atoms. The van der Waals surface area contributed by atoms with Gasteiger partial charge in [-0.05, 0) is 32.0 Å². The Labute approximate surface area is 143 Å². The van der Waals surface area contributed by atoms with E-state index in [1.165, 1.54) is 0 Å². The van der Waals surface area contributed by atoms with Crippen LogP contribution in [0.1, 0.15) is 11.4 Å². The summed E-state index contributed by atoms with van der Waals surface area (Å²) in [6.45, 7) is 3.83. The number of nitrogens with zero attached hydrogens (tertiary/aromatic N) is 5. The zero-order valence-corrected chi connectivity index (χ0v) is 13.9. The number of alkyl halides is 1. The Morgan fingerprint density at radius 1 is 1.25 bits per heavy atom. The third kappa shape index (κ3) is 3.41. The van der Waals surface area contributed by atoms with Crippen molar-refractivity contribution in [2.45, 2.75) is 13.8 Å². The topological polar surface area (TPSA) is 85.6 Å². The number of carbonyl (C=O) groups is 1. The molecule has 3 aromatic rings. The van der Waals surface area contributed by atoms with E-state index in [2.05, 4.69) is 25.4 Å². The van der Waals surface area contributed by atoms with Crippen LogP contribution in [-0.2, 0) is 4.79 Å². The van der Waals surface area contributed by atoms with Gasteiger partial charge in [0, 0.05) is 18.0 Å². The highest BCUT2D eigenvalue weighted by molar-refractivity contribution is 6.29. The lowest BCUT2D eigenvalue weighted by Gasteiger charge is -2.09. The molecule has 8 heteroatoms. The lowest BCUT2D eigenvalue weighted by atomic mass is 10.3. The summed E-state index contributed by atoms with van der Waals surface area (Å²) in [6, 6.07) is 9.05. The highest BCUT2D eigenvalue weighted by Gasteiger charge is 2.13. The first-order valence-corrected chi connectivity index (χ1v) is 7.80. The molecule has 0 saturated carbocycles. The van der Waals surface area contributed by atoms with Gasteiger partial charge in [0.15, 0.2) is 11.6 Å². The standard InChI is InChI=1S/C16H15ClN6O/c1-10-7-11(2)23(22-10)14-8-13(19-15(24)9-17)20-16(21-14)12-5-3-4-6-18-12/h3-8H,9H2,1-2H3,(H,19,20,21,24). The number of aromatic nitrogens is 5. The van der Waals surface area contributed by atoms with Gasteiger partial charge < -0.3 is 5.32 Å². The third-order valence-electron chi connectivity index (χ3n) is 3.22. The van der Waals surface area contributed by atoms with E-state index in [0.717, 1.165) is 11.4 Å². The Balaban J connectivity index is 2.12. The van der Waals surface area contributed by atoms with Gasteiger partial charge in [0.2, 0.25) is 5.91 Å². The van der Waals surface area contributed by atoms with Crippen LogP contribution in [-0.4, -0.2) is 36.5 Å². The van der Waals surface area contributed by atoms with Crippen LogP contribution in [0.15, 0.2) is 36.5 Å². The van der Waals surface area contributed by atoms with Gasteiger partial charge in [0.05, 0.1) is 5.69 Å². The molecule has 1 N–H and O–H groups in total. The molecule has 0 atom stereocenters. The van der Waals surface area contributed by atoms with Crippen LogP contribution in [0.5, 0.6) is 0 Å². The molecule has 0 bridgehead atoms. The van der Waals surface area contributed by atoms with Crippen molar-refractivity contribution in [3.8, 4) is 17.3 Å². The molecule has 122 valence electrons. The fourth-order valence-corrected chi connectivity index (χ4v) is 2.32. The second-order valence-electron chi connectivity index (χ2n) is 5.17. The van der Waals surface area contributed by atoms with Gasteiger partial charge in [-0.3, -0.25) is 9.78 Å². The van der Waals surface area contributed by atoms with E-state index in [1.807, 2.05) is 32.0 Å².